The van der Waals surface area contributed by atoms with Crippen LogP contribution >= 0.6 is 12.2 Å². The normalized spacial score (nSPS) is 15.4. The third-order valence-electron chi connectivity index (χ3n) is 6.11. The second-order valence-electron chi connectivity index (χ2n) is 8.34. The van der Waals surface area contributed by atoms with Gasteiger partial charge in [-0.15, -0.1) is 0 Å². The molecule has 3 aromatic rings. The SMILES string of the molecule is S=C(NCc1ccccc1)Nc1nc(N2CCCC2)cc(N2CCc3ccccc3C2)n1. The molecule has 2 aliphatic heterocycles. The number of hydrogen-bond donors (Lipinski definition) is 2. The molecule has 3 heterocycles. The van der Waals surface area contributed by atoms with Crippen molar-refractivity contribution in [3.63, 3.8) is 0 Å². The van der Waals surface area contributed by atoms with E-state index in [1.807, 2.05) is 18.2 Å². The molecule has 2 aliphatic rings. The van der Waals surface area contributed by atoms with E-state index in [4.69, 9.17) is 22.2 Å². The van der Waals surface area contributed by atoms with Gasteiger partial charge < -0.3 is 20.4 Å². The summed E-state index contributed by atoms with van der Waals surface area (Å²) in [6.45, 7) is 4.55. The predicted octanol–water partition coefficient (Wildman–Crippen LogP) is 4.13. The molecular formula is C25H28N6S. The topological polar surface area (TPSA) is 56.3 Å². The van der Waals surface area contributed by atoms with Crippen molar-refractivity contribution in [2.75, 3.05) is 34.8 Å². The summed E-state index contributed by atoms with van der Waals surface area (Å²) in [5, 5.41) is 7.01. The van der Waals surface area contributed by atoms with Crippen molar-refractivity contribution in [1.29, 1.82) is 0 Å². The molecule has 6 nitrogen and oxygen atoms in total. The molecule has 2 aromatic carbocycles. The van der Waals surface area contributed by atoms with Gasteiger partial charge in [0.15, 0.2) is 5.11 Å². The highest BCUT2D eigenvalue weighted by molar-refractivity contribution is 7.80. The zero-order chi connectivity index (χ0) is 21.8. The van der Waals surface area contributed by atoms with Crippen molar-refractivity contribution in [2.45, 2.75) is 32.4 Å². The number of thiocarbonyl (C=S) groups is 1. The third-order valence-corrected chi connectivity index (χ3v) is 6.35. The predicted molar refractivity (Wildman–Crippen MR) is 134 cm³/mol. The van der Waals surface area contributed by atoms with Crippen molar-refractivity contribution < 1.29 is 0 Å². The summed E-state index contributed by atoms with van der Waals surface area (Å²) >= 11 is 5.54. The Balaban J connectivity index is 1.35. The third kappa shape index (κ3) is 4.83. The summed E-state index contributed by atoms with van der Waals surface area (Å²) in [6.07, 6.45) is 3.44. The average molecular weight is 445 g/mol. The van der Waals surface area contributed by atoms with Gasteiger partial charge in [-0.25, -0.2) is 0 Å². The highest BCUT2D eigenvalue weighted by Crippen LogP contribution is 2.28. The number of benzene rings is 2. The van der Waals surface area contributed by atoms with Crippen LogP contribution in [0.3, 0.4) is 0 Å². The Kier molecular flexibility index (Phi) is 6.16. The van der Waals surface area contributed by atoms with E-state index < -0.39 is 0 Å². The summed E-state index contributed by atoms with van der Waals surface area (Å²) in [5.74, 6) is 2.47. The molecule has 0 amide bonds. The van der Waals surface area contributed by atoms with Crippen LogP contribution in [0.1, 0.15) is 29.5 Å². The Morgan fingerprint density at radius 3 is 2.31 bits per heavy atom. The summed E-state index contributed by atoms with van der Waals surface area (Å²) < 4.78 is 0. The molecule has 1 saturated heterocycles. The number of hydrogen-bond acceptors (Lipinski definition) is 5. The molecule has 32 heavy (non-hydrogen) atoms. The highest BCUT2D eigenvalue weighted by atomic mass is 32.1. The minimum Gasteiger partial charge on any atom is -0.358 e. The lowest BCUT2D eigenvalue weighted by atomic mass is 10.00. The van der Waals surface area contributed by atoms with Gasteiger partial charge in [0.2, 0.25) is 5.95 Å². The van der Waals surface area contributed by atoms with E-state index in [0.717, 1.165) is 44.2 Å². The van der Waals surface area contributed by atoms with Crippen LogP contribution in [0.25, 0.3) is 0 Å². The number of rotatable bonds is 5. The maximum atomic E-state index is 5.54. The number of anilines is 3. The monoisotopic (exact) mass is 444 g/mol. The molecular weight excluding hydrogens is 416 g/mol. The zero-order valence-electron chi connectivity index (χ0n) is 18.1. The van der Waals surface area contributed by atoms with Gasteiger partial charge in [0.05, 0.1) is 0 Å². The second kappa shape index (κ2) is 9.53. The van der Waals surface area contributed by atoms with Crippen LogP contribution in [0, 0.1) is 0 Å². The Labute approximate surface area is 194 Å². The molecule has 0 atom stereocenters. The zero-order valence-corrected chi connectivity index (χ0v) is 18.9. The molecule has 1 fully saturated rings. The van der Waals surface area contributed by atoms with Gasteiger partial charge in [0.25, 0.3) is 0 Å². The molecule has 0 bridgehead atoms. The number of fused-ring (bicyclic) bond motifs is 1. The molecule has 0 saturated carbocycles. The first kappa shape index (κ1) is 20.7. The maximum Gasteiger partial charge on any atom is 0.232 e. The number of nitrogens with zero attached hydrogens (tertiary/aromatic N) is 4. The smallest absolute Gasteiger partial charge is 0.232 e. The van der Waals surface area contributed by atoms with Gasteiger partial charge in [-0.1, -0.05) is 54.6 Å². The molecule has 7 heteroatoms. The Morgan fingerprint density at radius 2 is 1.53 bits per heavy atom. The molecule has 0 aliphatic carbocycles. The summed E-state index contributed by atoms with van der Waals surface area (Å²) in [7, 11) is 0. The lowest BCUT2D eigenvalue weighted by molar-refractivity contribution is 0.719. The quantitative estimate of drug-likeness (QED) is 0.574. The van der Waals surface area contributed by atoms with Crippen molar-refractivity contribution in [2.24, 2.45) is 0 Å². The maximum absolute atomic E-state index is 5.54. The van der Waals surface area contributed by atoms with Gasteiger partial charge in [0.1, 0.15) is 11.6 Å². The Bertz CT molecular complexity index is 1080. The van der Waals surface area contributed by atoms with E-state index in [2.05, 4.69) is 62.9 Å². The van der Waals surface area contributed by atoms with Crippen LogP contribution in [-0.2, 0) is 19.5 Å². The van der Waals surface area contributed by atoms with E-state index in [1.165, 1.54) is 29.5 Å². The number of nitrogens with one attached hydrogen (secondary N) is 2. The summed E-state index contributed by atoms with van der Waals surface area (Å²) in [5.41, 5.74) is 3.98. The first-order chi connectivity index (χ1) is 15.7. The summed E-state index contributed by atoms with van der Waals surface area (Å²) in [4.78, 5) is 14.3. The molecule has 164 valence electrons. The van der Waals surface area contributed by atoms with E-state index in [1.54, 1.807) is 0 Å². The van der Waals surface area contributed by atoms with E-state index in [-0.39, 0.29) is 0 Å². The average Bonchev–Trinajstić information content (AvgIpc) is 3.38. The van der Waals surface area contributed by atoms with Crippen molar-refractivity contribution in [3.05, 3.63) is 77.4 Å². The molecule has 1 aromatic heterocycles. The van der Waals surface area contributed by atoms with Crippen LogP contribution in [0.15, 0.2) is 60.7 Å². The summed E-state index contributed by atoms with van der Waals surface area (Å²) in [6, 6.07) is 21.0. The fourth-order valence-corrected chi connectivity index (χ4v) is 4.53. The molecule has 2 N–H and O–H groups in total. The molecule has 5 rings (SSSR count). The van der Waals surface area contributed by atoms with Crippen LogP contribution in [0.5, 0.6) is 0 Å². The van der Waals surface area contributed by atoms with Crippen LogP contribution < -0.4 is 20.4 Å². The van der Waals surface area contributed by atoms with Crippen LogP contribution in [0.2, 0.25) is 0 Å². The standard InChI is InChI=1S/C25H28N6S/c32-25(26-17-19-8-2-1-3-9-19)29-24-27-22(30-13-6-7-14-30)16-23(28-24)31-15-12-20-10-4-5-11-21(20)18-31/h1-5,8-11,16H,6-7,12-15,17-18H2,(H2,26,27,28,29,32). The Hall–Kier alpha value is -3.19. The molecule has 0 unspecified atom stereocenters. The van der Waals surface area contributed by atoms with Crippen molar-refractivity contribution >= 4 is 34.9 Å². The van der Waals surface area contributed by atoms with Gasteiger partial charge in [-0.2, -0.15) is 9.97 Å². The minimum absolute atomic E-state index is 0.530. The van der Waals surface area contributed by atoms with Gasteiger partial charge in [-0.05, 0) is 48.2 Å². The number of aromatic nitrogens is 2. The minimum atomic E-state index is 0.530. The van der Waals surface area contributed by atoms with E-state index in [0.29, 0.717) is 17.6 Å². The van der Waals surface area contributed by atoms with Gasteiger partial charge >= 0.3 is 0 Å². The first-order valence-electron chi connectivity index (χ1n) is 11.3. The van der Waals surface area contributed by atoms with Crippen LogP contribution in [0.4, 0.5) is 17.6 Å². The van der Waals surface area contributed by atoms with Gasteiger partial charge in [0, 0.05) is 38.8 Å². The van der Waals surface area contributed by atoms with Gasteiger partial charge in [-0.3, -0.25) is 0 Å². The second-order valence-corrected chi connectivity index (χ2v) is 8.74. The highest BCUT2D eigenvalue weighted by Gasteiger charge is 2.21. The van der Waals surface area contributed by atoms with Crippen molar-refractivity contribution in [3.8, 4) is 0 Å². The fourth-order valence-electron chi connectivity index (χ4n) is 4.36. The lowest BCUT2D eigenvalue weighted by Crippen LogP contribution is -2.33. The largest absolute Gasteiger partial charge is 0.358 e. The van der Waals surface area contributed by atoms with E-state index in [9.17, 15) is 0 Å². The van der Waals surface area contributed by atoms with E-state index >= 15 is 0 Å². The molecule has 0 radical (unpaired) electrons. The lowest BCUT2D eigenvalue weighted by Gasteiger charge is -2.30. The van der Waals surface area contributed by atoms with Crippen LogP contribution in [-0.4, -0.2) is 34.7 Å². The molecule has 0 spiro atoms. The van der Waals surface area contributed by atoms with Crippen molar-refractivity contribution in [1.82, 2.24) is 15.3 Å². The Morgan fingerprint density at radius 1 is 0.844 bits per heavy atom. The first-order valence-corrected chi connectivity index (χ1v) is 11.7. The fraction of sp³-hybridized carbons (Fsp3) is 0.320.